The highest BCUT2D eigenvalue weighted by Gasteiger charge is 2.05. The van der Waals surface area contributed by atoms with Crippen LogP contribution in [0.5, 0.6) is 0 Å². The fraction of sp³-hybridized carbons (Fsp3) is 0.211. The van der Waals surface area contributed by atoms with Gasteiger partial charge in [0.15, 0.2) is 5.43 Å². The van der Waals surface area contributed by atoms with Crippen LogP contribution in [0.3, 0.4) is 0 Å². The highest BCUT2D eigenvalue weighted by molar-refractivity contribution is 6.42. The van der Waals surface area contributed by atoms with E-state index in [0.29, 0.717) is 26.3 Å². The SMILES string of the molecule is O=c1cc(NCCCNCc2ccc(Cl)c(Cl)c2)[nH]c2cccc(Cl)c12. The van der Waals surface area contributed by atoms with E-state index in [1.54, 1.807) is 12.1 Å². The first kappa shape index (κ1) is 19.1. The number of hydrogen-bond acceptors (Lipinski definition) is 3. The van der Waals surface area contributed by atoms with Crippen LogP contribution in [0.4, 0.5) is 5.82 Å². The van der Waals surface area contributed by atoms with Gasteiger partial charge in [0.25, 0.3) is 0 Å². The second kappa shape index (κ2) is 8.78. The van der Waals surface area contributed by atoms with Crippen molar-refractivity contribution in [3.8, 4) is 0 Å². The molecule has 4 nitrogen and oxygen atoms in total. The van der Waals surface area contributed by atoms with Crippen LogP contribution < -0.4 is 16.1 Å². The zero-order chi connectivity index (χ0) is 18.5. The maximum atomic E-state index is 12.2. The maximum absolute atomic E-state index is 12.2. The predicted octanol–water partition coefficient (Wildman–Crippen LogP) is 5.08. The van der Waals surface area contributed by atoms with Gasteiger partial charge in [-0.25, -0.2) is 0 Å². The summed E-state index contributed by atoms with van der Waals surface area (Å²) >= 11 is 18.0. The van der Waals surface area contributed by atoms with Crippen molar-refractivity contribution >= 4 is 51.5 Å². The molecular formula is C19H18Cl3N3O. The van der Waals surface area contributed by atoms with E-state index in [2.05, 4.69) is 15.6 Å². The van der Waals surface area contributed by atoms with E-state index in [4.69, 9.17) is 34.8 Å². The van der Waals surface area contributed by atoms with Gasteiger partial charge in [0.05, 0.1) is 26.0 Å². The average Bonchev–Trinajstić information content (AvgIpc) is 2.61. The molecule has 1 heterocycles. The fourth-order valence-electron chi connectivity index (χ4n) is 2.68. The van der Waals surface area contributed by atoms with E-state index in [1.807, 2.05) is 24.3 Å². The van der Waals surface area contributed by atoms with Gasteiger partial charge >= 0.3 is 0 Å². The molecule has 3 rings (SSSR count). The van der Waals surface area contributed by atoms with Crippen LogP contribution in [-0.4, -0.2) is 18.1 Å². The number of anilines is 1. The van der Waals surface area contributed by atoms with Crippen LogP contribution in [0.25, 0.3) is 10.9 Å². The van der Waals surface area contributed by atoms with Gasteiger partial charge in [-0.2, -0.15) is 0 Å². The summed E-state index contributed by atoms with van der Waals surface area (Å²) < 4.78 is 0. The number of aromatic nitrogens is 1. The number of aromatic amines is 1. The topological polar surface area (TPSA) is 56.9 Å². The normalized spacial score (nSPS) is 11.0. The molecule has 136 valence electrons. The van der Waals surface area contributed by atoms with Crippen molar-refractivity contribution in [1.29, 1.82) is 0 Å². The first-order chi connectivity index (χ1) is 12.5. The summed E-state index contributed by atoms with van der Waals surface area (Å²) in [6.45, 7) is 2.29. The lowest BCUT2D eigenvalue weighted by Crippen LogP contribution is -2.18. The first-order valence-electron chi connectivity index (χ1n) is 8.24. The number of H-pyrrole nitrogens is 1. The molecule has 1 aromatic heterocycles. The molecule has 7 heteroatoms. The molecular weight excluding hydrogens is 393 g/mol. The predicted molar refractivity (Wildman–Crippen MR) is 111 cm³/mol. The van der Waals surface area contributed by atoms with E-state index in [-0.39, 0.29) is 5.43 Å². The highest BCUT2D eigenvalue weighted by Crippen LogP contribution is 2.22. The second-order valence-corrected chi connectivity index (χ2v) is 7.14. The van der Waals surface area contributed by atoms with Gasteiger partial charge in [-0.3, -0.25) is 4.79 Å². The molecule has 3 N–H and O–H groups in total. The van der Waals surface area contributed by atoms with Crippen molar-refractivity contribution in [2.24, 2.45) is 0 Å². The van der Waals surface area contributed by atoms with E-state index >= 15 is 0 Å². The Balaban J connectivity index is 1.47. The number of fused-ring (bicyclic) bond motifs is 1. The van der Waals surface area contributed by atoms with E-state index < -0.39 is 0 Å². The minimum atomic E-state index is -0.0930. The third-order valence-electron chi connectivity index (χ3n) is 3.96. The van der Waals surface area contributed by atoms with Crippen LogP contribution in [0.2, 0.25) is 15.1 Å². The quantitative estimate of drug-likeness (QED) is 0.476. The largest absolute Gasteiger partial charge is 0.371 e. The third kappa shape index (κ3) is 4.71. The number of hydrogen-bond donors (Lipinski definition) is 3. The second-order valence-electron chi connectivity index (χ2n) is 5.92. The van der Waals surface area contributed by atoms with Crippen LogP contribution >= 0.6 is 34.8 Å². The first-order valence-corrected chi connectivity index (χ1v) is 9.38. The lowest BCUT2D eigenvalue weighted by atomic mass is 10.2. The molecule has 26 heavy (non-hydrogen) atoms. The maximum Gasteiger partial charge on any atom is 0.193 e. The Bertz CT molecular complexity index is 972. The molecule has 0 aliphatic rings. The Labute approximate surface area is 166 Å². The number of pyridine rings is 1. The monoisotopic (exact) mass is 409 g/mol. The van der Waals surface area contributed by atoms with Gasteiger partial charge in [0, 0.05) is 19.2 Å². The molecule has 0 bridgehead atoms. The summed E-state index contributed by atoms with van der Waals surface area (Å²) in [4.78, 5) is 15.4. The van der Waals surface area contributed by atoms with E-state index in [9.17, 15) is 4.79 Å². The molecule has 0 unspecified atom stereocenters. The smallest absolute Gasteiger partial charge is 0.193 e. The minimum absolute atomic E-state index is 0.0930. The highest BCUT2D eigenvalue weighted by atomic mass is 35.5. The van der Waals surface area contributed by atoms with Crippen molar-refractivity contribution in [3.63, 3.8) is 0 Å². The summed E-state index contributed by atoms with van der Waals surface area (Å²) in [5.74, 6) is 0.689. The van der Waals surface area contributed by atoms with Gasteiger partial charge < -0.3 is 15.6 Å². The Morgan fingerprint density at radius 1 is 0.923 bits per heavy atom. The number of benzene rings is 2. The molecule has 0 radical (unpaired) electrons. The average molecular weight is 411 g/mol. The summed E-state index contributed by atoms with van der Waals surface area (Å²) in [5, 5.41) is 8.69. The molecule has 0 aliphatic carbocycles. The van der Waals surface area contributed by atoms with Gasteiger partial charge in [0.2, 0.25) is 0 Å². The zero-order valence-corrected chi connectivity index (χ0v) is 16.2. The van der Waals surface area contributed by atoms with Gasteiger partial charge in [-0.1, -0.05) is 46.9 Å². The summed E-state index contributed by atoms with van der Waals surface area (Å²) in [5.41, 5.74) is 1.72. The molecule has 0 saturated carbocycles. The van der Waals surface area contributed by atoms with Crippen LogP contribution in [-0.2, 0) is 6.54 Å². The van der Waals surface area contributed by atoms with Crippen LogP contribution in [0, 0.1) is 0 Å². The van der Waals surface area contributed by atoms with Crippen LogP contribution in [0.1, 0.15) is 12.0 Å². The Morgan fingerprint density at radius 3 is 2.58 bits per heavy atom. The molecule has 3 aromatic rings. The number of halogens is 3. The molecule has 0 fully saturated rings. The summed E-state index contributed by atoms with van der Waals surface area (Å²) in [6.07, 6.45) is 0.900. The number of nitrogens with one attached hydrogen (secondary N) is 3. The van der Waals surface area contributed by atoms with Gasteiger partial charge in [-0.05, 0) is 42.8 Å². The number of rotatable bonds is 7. The van der Waals surface area contributed by atoms with Crippen LogP contribution in [0.15, 0.2) is 47.3 Å². The van der Waals surface area contributed by atoms with Crippen molar-refractivity contribution in [2.75, 3.05) is 18.4 Å². The lowest BCUT2D eigenvalue weighted by Gasteiger charge is -2.09. The van der Waals surface area contributed by atoms with E-state index in [0.717, 1.165) is 37.1 Å². The standard InChI is InChI=1S/C19H18Cl3N3O/c20-13-6-5-12(9-15(13)22)11-23-7-2-8-24-18-10-17(26)19-14(21)3-1-4-16(19)25-18/h1,3-6,9-10,23H,2,7-8,11H2,(H2,24,25,26). The van der Waals surface area contributed by atoms with Gasteiger partial charge in [-0.15, -0.1) is 0 Å². The molecule has 0 aliphatic heterocycles. The third-order valence-corrected chi connectivity index (χ3v) is 5.02. The summed E-state index contributed by atoms with van der Waals surface area (Å²) in [7, 11) is 0. The molecule has 0 amide bonds. The fourth-order valence-corrected chi connectivity index (χ4v) is 3.27. The molecule has 2 aromatic carbocycles. The Morgan fingerprint density at radius 2 is 1.77 bits per heavy atom. The van der Waals surface area contributed by atoms with Crippen molar-refractivity contribution in [2.45, 2.75) is 13.0 Å². The Hall–Kier alpha value is -1.72. The van der Waals surface area contributed by atoms with Crippen molar-refractivity contribution in [1.82, 2.24) is 10.3 Å². The van der Waals surface area contributed by atoms with Crippen molar-refractivity contribution < 1.29 is 0 Å². The zero-order valence-electron chi connectivity index (χ0n) is 13.9. The van der Waals surface area contributed by atoms with Crippen molar-refractivity contribution in [3.05, 3.63) is 73.3 Å². The summed E-state index contributed by atoms with van der Waals surface area (Å²) in [6, 6.07) is 12.5. The molecule has 0 spiro atoms. The molecule has 0 atom stereocenters. The molecule has 0 saturated heterocycles. The Kier molecular flexibility index (Phi) is 6.43. The van der Waals surface area contributed by atoms with E-state index in [1.165, 1.54) is 6.07 Å². The minimum Gasteiger partial charge on any atom is -0.371 e. The van der Waals surface area contributed by atoms with Gasteiger partial charge in [0.1, 0.15) is 5.82 Å². The lowest BCUT2D eigenvalue weighted by molar-refractivity contribution is 0.663.